The van der Waals surface area contributed by atoms with Gasteiger partial charge in [0.15, 0.2) is 5.84 Å². The molecular formula is C25H19N5. The minimum atomic E-state index is 0.586. The normalized spacial score (nSPS) is 12.1. The highest BCUT2D eigenvalue weighted by Gasteiger charge is 2.07. The van der Waals surface area contributed by atoms with Crippen LogP contribution in [0.3, 0.4) is 0 Å². The van der Waals surface area contributed by atoms with Crippen LogP contribution in [0.25, 0.3) is 21.8 Å². The number of hydrogen-bond donors (Lipinski definition) is 2. The fourth-order valence-electron chi connectivity index (χ4n) is 3.33. The molecule has 5 rings (SSSR count). The van der Waals surface area contributed by atoms with Crippen molar-refractivity contribution >= 4 is 39.5 Å². The third kappa shape index (κ3) is 3.69. The minimum Gasteiger partial charge on any atom is -0.361 e. The maximum atomic E-state index is 4.76. The molecule has 0 bridgehead atoms. The van der Waals surface area contributed by atoms with Gasteiger partial charge in [-0.25, -0.2) is 9.98 Å². The van der Waals surface area contributed by atoms with Gasteiger partial charge >= 0.3 is 0 Å². The zero-order chi connectivity index (χ0) is 20.2. The Hall–Kier alpha value is -4.25. The second kappa shape index (κ2) is 8.01. The number of amidine groups is 1. The summed E-state index contributed by atoms with van der Waals surface area (Å²) >= 11 is 0. The molecule has 2 N–H and O–H groups in total. The van der Waals surface area contributed by atoms with E-state index in [9.17, 15) is 0 Å². The lowest BCUT2D eigenvalue weighted by atomic mass is 10.2. The smallest absolute Gasteiger partial charge is 0.173 e. The lowest BCUT2D eigenvalue weighted by Gasteiger charge is -2.07. The number of para-hydroxylation sites is 3. The quantitative estimate of drug-likeness (QED) is 0.245. The Morgan fingerprint density at radius 2 is 1.63 bits per heavy atom. The molecule has 0 atom stereocenters. The van der Waals surface area contributed by atoms with E-state index < -0.39 is 0 Å². The van der Waals surface area contributed by atoms with Crippen LogP contribution in [-0.2, 0) is 0 Å². The Labute approximate surface area is 173 Å². The van der Waals surface area contributed by atoms with Crippen molar-refractivity contribution in [2.75, 3.05) is 0 Å². The van der Waals surface area contributed by atoms with E-state index in [0.717, 1.165) is 38.8 Å². The van der Waals surface area contributed by atoms with Crippen LogP contribution in [-0.4, -0.2) is 22.0 Å². The first-order chi connectivity index (χ1) is 14.9. The summed E-state index contributed by atoms with van der Waals surface area (Å²) in [7, 11) is 0. The first-order valence-corrected chi connectivity index (χ1v) is 9.72. The molecule has 2 heterocycles. The Bertz CT molecular complexity index is 1370. The van der Waals surface area contributed by atoms with Crippen LogP contribution in [0.2, 0.25) is 0 Å². The third-order valence-electron chi connectivity index (χ3n) is 4.83. The lowest BCUT2D eigenvalue weighted by Crippen LogP contribution is -2.20. The van der Waals surface area contributed by atoms with Crippen LogP contribution in [0.1, 0.15) is 11.3 Å². The fraction of sp³-hybridized carbons (Fsp3) is 0. The van der Waals surface area contributed by atoms with E-state index in [-0.39, 0.29) is 0 Å². The molecule has 30 heavy (non-hydrogen) atoms. The van der Waals surface area contributed by atoms with Crippen molar-refractivity contribution in [1.29, 1.82) is 0 Å². The molecule has 2 aromatic heterocycles. The molecule has 0 fully saturated rings. The molecule has 3 aromatic carbocycles. The summed E-state index contributed by atoms with van der Waals surface area (Å²) < 4.78 is 0. The number of pyridine rings is 1. The van der Waals surface area contributed by atoms with E-state index in [1.807, 2.05) is 91.1 Å². The number of hydrazone groups is 1. The van der Waals surface area contributed by atoms with Crippen molar-refractivity contribution in [2.24, 2.45) is 10.1 Å². The van der Waals surface area contributed by atoms with E-state index in [0.29, 0.717) is 5.84 Å². The van der Waals surface area contributed by atoms with Gasteiger partial charge in [-0.15, -0.1) is 0 Å². The van der Waals surface area contributed by atoms with Crippen LogP contribution in [0.5, 0.6) is 0 Å². The molecule has 0 saturated heterocycles. The number of H-pyrrole nitrogens is 1. The van der Waals surface area contributed by atoms with Crippen LogP contribution >= 0.6 is 0 Å². The Balaban J connectivity index is 1.50. The lowest BCUT2D eigenvalue weighted by molar-refractivity contribution is 1.02. The number of nitrogens with one attached hydrogen (secondary N) is 2. The molecule has 5 heteroatoms. The van der Waals surface area contributed by atoms with Gasteiger partial charge in [-0.3, -0.25) is 5.43 Å². The van der Waals surface area contributed by atoms with Crippen LogP contribution in [0, 0.1) is 0 Å². The van der Waals surface area contributed by atoms with Gasteiger partial charge in [0.05, 0.1) is 17.4 Å². The highest BCUT2D eigenvalue weighted by molar-refractivity contribution is 6.02. The van der Waals surface area contributed by atoms with Crippen molar-refractivity contribution in [2.45, 2.75) is 0 Å². The summed E-state index contributed by atoms with van der Waals surface area (Å²) in [5.74, 6) is 0.586. The molecule has 0 saturated carbocycles. The minimum absolute atomic E-state index is 0.586. The predicted octanol–water partition coefficient (Wildman–Crippen LogP) is 5.42. The second-order valence-electron chi connectivity index (χ2n) is 6.84. The molecule has 0 amide bonds. The van der Waals surface area contributed by atoms with Gasteiger partial charge in [0.1, 0.15) is 5.69 Å². The zero-order valence-electron chi connectivity index (χ0n) is 16.2. The maximum absolute atomic E-state index is 4.76. The average molecular weight is 389 g/mol. The van der Waals surface area contributed by atoms with Gasteiger partial charge in [-0.1, -0.05) is 60.7 Å². The van der Waals surface area contributed by atoms with E-state index in [1.54, 1.807) is 6.21 Å². The third-order valence-corrected chi connectivity index (χ3v) is 4.83. The molecule has 0 radical (unpaired) electrons. The summed E-state index contributed by atoms with van der Waals surface area (Å²) in [5.41, 5.74) is 7.65. The molecular weight excluding hydrogens is 370 g/mol. The van der Waals surface area contributed by atoms with Crippen molar-refractivity contribution < 1.29 is 0 Å². The number of aliphatic imine (C=N–C) groups is 1. The number of aromatic nitrogens is 2. The summed E-state index contributed by atoms with van der Waals surface area (Å²) in [5, 5.41) is 6.66. The molecule has 0 spiro atoms. The number of rotatable bonds is 4. The summed E-state index contributed by atoms with van der Waals surface area (Å²) in [4.78, 5) is 12.8. The van der Waals surface area contributed by atoms with E-state index in [2.05, 4.69) is 21.6 Å². The van der Waals surface area contributed by atoms with Crippen molar-refractivity contribution in [3.63, 3.8) is 0 Å². The molecule has 144 valence electrons. The topological polar surface area (TPSA) is 65.4 Å². The first-order valence-electron chi connectivity index (χ1n) is 9.72. The largest absolute Gasteiger partial charge is 0.361 e. The van der Waals surface area contributed by atoms with Crippen molar-refractivity contribution in [1.82, 2.24) is 15.4 Å². The van der Waals surface area contributed by atoms with Crippen LogP contribution in [0.4, 0.5) is 5.69 Å². The predicted molar refractivity (Wildman–Crippen MR) is 123 cm³/mol. The Morgan fingerprint density at radius 1 is 0.833 bits per heavy atom. The molecule has 0 aliphatic rings. The van der Waals surface area contributed by atoms with Crippen LogP contribution < -0.4 is 5.43 Å². The highest BCUT2D eigenvalue weighted by Crippen LogP contribution is 2.17. The number of aromatic amines is 1. The maximum Gasteiger partial charge on any atom is 0.173 e. The Kier molecular flexibility index (Phi) is 4.76. The number of fused-ring (bicyclic) bond motifs is 2. The molecule has 0 aliphatic carbocycles. The molecule has 0 aliphatic heterocycles. The Morgan fingerprint density at radius 3 is 2.57 bits per heavy atom. The van der Waals surface area contributed by atoms with E-state index >= 15 is 0 Å². The highest BCUT2D eigenvalue weighted by atomic mass is 15.3. The SMILES string of the molecule is C(=NNC(=Nc1ccccc1)c1ccc2ccccc2n1)c1c[nH]c2ccccc12. The second-order valence-corrected chi connectivity index (χ2v) is 6.84. The standard InChI is InChI=1S/C25H19N5/c1-2-9-20(10-3-1)28-25(24-15-14-18-8-4-6-12-22(18)29-24)30-27-17-19-16-26-23-13-7-5-11-21(19)23/h1-17,26H,(H,28,30). The monoisotopic (exact) mass is 389 g/mol. The van der Waals surface area contributed by atoms with Gasteiger partial charge in [-0.05, 0) is 30.3 Å². The number of hydrogen-bond acceptors (Lipinski definition) is 3. The first kappa shape index (κ1) is 17.8. The van der Waals surface area contributed by atoms with Gasteiger partial charge < -0.3 is 4.98 Å². The summed E-state index contributed by atoms with van der Waals surface area (Å²) in [6.07, 6.45) is 3.73. The molecule has 5 aromatic rings. The van der Waals surface area contributed by atoms with Crippen molar-refractivity contribution in [3.05, 3.63) is 108 Å². The zero-order valence-corrected chi connectivity index (χ0v) is 16.2. The van der Waals surface area contributed by atoms with E-state index in [4.69, 9.17) is 9.98 Å². The molecule has 0 unspecified atom stereocenters. The fourth-order valence-corrected chi connectivity index (χ4v) is 3.33. The molecule has 5 nitrogen and oxygen atoms in total. The number of benzene rings is 3. The van der Waals surface area contributed by atoms with Gasteiger partial charge in [-0.2, -0.15) is 5.10 Å². The average Bonchev–Trinajstić information content (AvgIpc) is 3.22. The summed E-state index contributed by atoms with van der Waals surface area (Å²) in [6, 6.07) is 29.9. The van der Waals surface area contributed by atoms with Gasteiger partial charge in [0.2, 0.25) is 0 Å². The number of nitrogens with zero attached hydrogens (tertiary/aromatic N) is 3. The van der Waals surface area contributed by atoms with Gasteiger partial charge in [0, 0.05) is 28.0 Å². The van der Waals surface area contributed by atoms with Crippen molar-refractivity contribution in [3.8, 4) is 0 Å². The van der Waals surface area contributed by atoms with Gasteiger partial charge in [0.25, 0.3) is 0 Å². The van der Waals surface area contributed by atoms with E-state index in [1.165, 1.54) is 0 Å². The summed E-state index contributed by atoms with van der Waals surface area (Å²) in [6.45, 7) is 0. The van der Waals surface area contributed by atoms with Crippen LogP contribution in [0.15, 0.2) is 107 Å².